The van der Waals surface area contributed by atoms with E-state index in [9.17, 15) is 8.42 Å². The molecule has 0 amide bonds. The summed E-state index contributed by atoms with van der Waals surface area (Å²) in [6.45, 7) is 1.92. The van der Waals surface area contributed by atoms with E-state index in [4.69, 9.17) is 16.6 Å². The van der Waals surface area contributed by atoms with Gasteiger partial charge < -0.3 is 10.2 Å². The molecule has 0 unspecified atom stereocenters. The van der Waals surface area contributed by atoms with Crippen LogP contribution < -0.4 is 10.0 Å². The van der Waals surface area contributed by atoms with Gasteiger partial charge in [0.25, 0.3) is 10.0 Å². The number of hydrogen-bond donors (Lipinski definition) is 2. The Hall–Kier alpha value is -3.52. The van der Waals surface area contributed by atoms with Gasteiger partial charge in [0.05, 0.1) is 23.1 Å². The van der Waals surface area contributed by atoms with Crippen molar-refractivity contribution in [3.05, 3.63) is 71.1 Å². The van der Waals surface area contributed by atoms with Crippen LogP contribution in [0.1, 0.15) is 31.2 Å². The van der Waals surface area contributed by atoms with E-state index in [1.807, 2.05) is 13.0 Å². The minimum atomic E-state index is -4.11. The molecule has 2 aromatic carbocycles. The van der Waals surface area contributed by atoms with Crippen molar-refractivity contribution in [1.29, 1.82) is 0 Å². The zero-order chi connectivity index (χ0) is 27.7. The number of halogens is 2. The number of hydrogen-bond acceptors (Lipinski definition) is 7. The second-order valence-electron chi connectivity index (χ2n) is 9.95. The molecular formula is C28H28ClFN6O2S. The van der Waals surface area contributed by atoms with Gasteiger partial charge >= 0.3 is 0 Å². The van der Waals surface area contributed by atoms with Gasteiger partial charge in [0.1, 0.15) is 21.3 Å². The molecule has 1 aliphatic carbocycles. The molecule has 0 bridgehead atoms. The van der Waals surface area contributed by atoms with Crippen molar-refractivity contribution in [1.82, 2.24) is 19.9 Å². The van der Waals surface area contributed by atoms with E-state index in [-0.39, 0.29) is 15.6 Å². The van der Waals surface area contributed by atoms with Crippen LogP contribution in [0.4, 0.5) is 16.0 Å². The molecule has 0 atom stereocenters. The van der Waals surface area contributed by atoms with Gasteiger partial charge in [-0.2, -0.15) is 0 Å². The molecule has 202 valence electrons. The van der Waals surface area contributed by atoms with E-state index in [2.05, 4.69) is 51.1 Å². The maximum Gasteiger partial charge on any atom is 0.264 e. The quantitative estimate of drug-likeness (QED) is 0.305. The molecule has 4 aromatic rings. The van der Waals surface area contributed by atoms with Crippen LogP contribution in [-0.4, -0.2) is 54.4 Å². The van der Waals surface area contributed by atoms with Crippen molar-refractivity contribution in [2.75, 3.05) is 24.1 Å². The van der Waals surface area contributed by atoms with Gasteiger partial charge in [0.15, 0.2) is 0 Å². The predicted molar refractivity (Wildman–Crippen MR) is 151 cm³/mol. The lowest BCUT2D eigenvalue weighted by atomic mass is 9.91. The summed E-state index contributed by atoms with van der Waals surface area (Å²) in [5.74, 6) is -0.178. The zero-order valence-electron chi connectivity index (χ0n) is 21.8. The minimum absolute atomic E-state index is 0.129. The SMILES string of the molecule is Cc1cc(-c2ccc(NS(=O)(=O)c3ccc#cc3Cl)c(F)c2)nc2cnc(NC3CCC(N(C)C)CC3)nc12. The van der Waals surface area contributed by atoms with E-state index in [1.165, 1.54) is 24.3 Å². The first-order valence-corrected chi connectivity index (χ1v) is 14.4. The molecule has 0 aliphatic heterocycles. The summed E-state index contributed by atoms with van der Waals surface area (Å²) in [7, 11) is 0.134. The number of pyridine rings is 1. The van der Waals surface area contributed by atoms with Gasteiger partial charge in [-0.25, -0.2) is 27.8 Å². The lowest BCUT2D eigenvalue weighted by Gasteiger charge is -2.32. The summed E-state index contributed by atoms with van der Waals surface area (Å²) in [6, 6.07) is 14.7. The van der Waals surface area contributed by atoms with Gasteiger partial charge in [0, 0.05) is 17.6 Å². The average Bonchev–Trinajstić information content (AvgIpc) is 2.90. The van der Waals surface area contributed by atoms with Crippen molar-refractivity contribution >= 4 is 44.3 Å². The highest BCUT2D eigenvalue weighted by Gasteiger charge is 2.23. The molecule has 8 nitrogen and oxygen atoms in total. The monoisotopic (exact) mass is 566 g/mol. The Morgan fingerprint density at radius 1 is 1.10 bits per heavy atom. The van der Waals surface area contributed by atoms with Crippen LogP contribution in [0.2, 0.25) is 5.02 Å². The van der Waals surface area contributed by atoms with Crippen molar-refractivity contribution < 1.29 is 12.8 Å². The number of nitrogens with zero attached hydrogens (tertiary/aromatic N) is 4. The van der Waals surface area contributed by atoms with E-state index in [0.717, 1.165) is 36.8 Å². The van der Waals surface area contributed by atoms with Crippen LogP contribution in [0, 0.1) is 24.9 Å². The van der Waals surface area contributed by atoms with Gasteiger partial charge in [-0.3, -0.25) is 4.72 Å². The number of aromatic nitrogens is 3. The maximum absolute atomic E-state index is 15.0. The maximum atomic E-state index is 15.0. The van der Waals surface area contributed by atoms with Crippen molar-refractivity contribution in [2.45, 2.75) is 49.6 Å². The molecule has 1 fully saturated rings. The van der Waals surface area contributed by atoms with Crippen LogP contribution in [0.25, 0.3) is 22.3 Å². The van der Waals surface area contributed by atoms with E-state index >= 15 is 4.39 Å². The van der Waals surface area contributed by atoms with E-state index in [0.29, 0.717) is 34.8 Å². The topological polar surface area (TPSA) is 100 Å². The van der Waals surface area contributed by atoms with Crippen molar-refractivity contribution in [3.63, 3.8) is 0 Å². The third-order valence-corrected chi connectivity index (χ3v) is 8.83. The third kappa shape index (κ3) is 5.91. The summed E-state index contributed by atoms with van der Waals surface area (Å²) in [6.07, 6.45) is 6.07. The Labute approximate surface area is 232 Å². The summed E-state index contributed by atoms with van der Waals surface area (Å²) in [5.41, 5.74) is 2.98. The molecule has 1 aliphatic rings. The summed E-state index contributed by atoms with van der Waals surface area (Å²) >= 11 is 5.93. The van der Waals surface area contributed by atoms with E-state index in [1.54, 1.807) is 12.3 Å². The van der Waals surface area contributed by atoms with Crippen LogP contribution in [0.5, 0.6) is 0 Å². The number of aryl methyl sites for hydroxylation is 1. The fraction of sp³-hybridized carbons (Fsp3) is 0.321. The van der Waals surface area contributed by atoms with Crippen molar-refractivity contribution in [2.24, 2.45) is 0 Å². The van der Waals surface area contributed by atoms with Crippen molar-refractivity contribution in [3.8, 4) is 11.3 Å². The third-order valence-electron chi connectivity index (χ3n) is 7.01. The van der Waals surface area contributed by atoms with Gasteiger partial charge in [-0.15, -0.1) is 0 Å². The first-order chi connectivity index (χ1) is 18.6. The summed E-state index contributed by atoms with van der Waals surface area (Å²) in [5, 5.41) is 3.34. The zero-order valence-corrected chi connectivity index (χ0v) is 23.4. The second-order valence-corrected chi connectivity index (χ2v) is 12.0. The number of fused-ring (bicyclic) bond motifs is 1. The Morgan fingerprint density at radius 3 is 2.56 bits per heavy atom. The highest BCUT2D eigenvalue weighted by molar-refractivity contribution is 7.92. The minimum Gasteiger partial charge on any atom is -0.351 e. The van der Waals surface area contributed by atoms with E-state index < -0.39 is 15.8 Å². The van der Waals surface area contributed by atoms with Crippen LogP contribution in [-0.2, 0) is 10.0 Å². The molecule has 5 rings (SSSR count). The molecule has 2 aromatic heterocycles. The summed E-state index contributed by atoms with van der Waals surface area (Å²) in [4.78, 5) is 15.9. The molecule has 0 radical (unpaired) electrons. The Bertz CT molecular complexity index is 1620. The van der Waals surface area contributed by atoms with Gasteiger partial charge in [-0.05, 0) is 88.7 Å². The largest absolute Gasteiger partial charge is 0.351 e. The highest BCUT2D eigenvalue weighted by Crippen LogP contribution is 2.29. The first-order valence-electron chi connectivity index (χ1n) is 12.6. The van der Waals surface area contributed by atoms with Crippen LogP contribution in [0.15, 0.2) is 47.5 Å². The molecule has 1 saturated carbocycles. The lowest BCUT2D eigenvalue weighted by Crippen LogP contribution is -2.36. The van der Waals surface area contributed by atoms with Gasteiger partial charge in [0.2, 0.25) is 5.95 Å². The molecule has 2 heterocycles. The van der Waals surface area contributed by atoms with Crippen LogP contribution in [0.3, 0.4) is 0 Å². The Kier molecular flexibility index (Phi) is 7.58. The predicted octanol–water partition coefficient (Wildman–Crippen LogP) is 5.48. The van der Waals surface area contributed by atoms with Gasteiger partial charge in [-0.1, -0.05) is 23.7 Å². The normalized spacial score (nSPS) is 17.7. The smallest absolute Gasteiger partial charge is 0.264 e. The molecule has 0 spiro atoms. The first kappa shape index (κ1) is 27.1. The average molecular weight is 567 g/mol. The number of nitrogens with one attached hydrogen (secondary N) is 2. The Morgan fingerprint density at radius 2 is 1.87 bits per heavy atom. The molecule has 39 heavy (non-hydrogen) atoms. The Balaban J connectivity index is 1.34. The van der Waals surface area contributed by atoms with Crippen LogP contribution >= 0.6 is 11.6 Å². The molecule has 11 heteroatoms. The number of sulfonamides is 1. The fourth-order valence-corrected chi connectivity index (χ4v) is 6.36. The fourth-order valence-electron chi connectivity index (χ4n) is 4.84. The number of rotatable bonds is 7. The number of anilines is 2. The highest BCUT2D eigenvalue weighted by atomic mass is 35.5. The molecule has 0 saturated heterocycles. The summed E-state index contributed by atoms with van der Waals surface area (Å²) < 4.78 is 42.6. The molecule has 2 N–H and O–H groups in total. The number of benzene rings is 1. The second kappa shape index (κ2) is 10.9. The standard InChI is InChI=1S/C28H28ClFN6O2S/c1-17-14-24(18-8-13-23(22(30)15-18)35-39(37,38)26-7-5-4-6-21(26)29)33-25-16-31-28(34-27(17)25)32-19-9-11-20(12-10-19)36(2)3/h5,7-8,13-16,19-20,35H,9-12H2,1-3H3,(H,31,32,34). The lowest BCUT2D eigenvalue weighted by molar-refractivity contribution is 0.221. The molecular weight excluding hydrogens is 539 g/mol.